The molecule has 1 fully saturated rings. The van der Waals surface area contributed by atoms with E-state index in [1.165, 1.54) is 29.2 Å². The number of imide groups is 1. The second-order valence-electron chi connectivity index (χ2n) is 7.84. The van der Waals surface area contributed by atoms with Crippen molar-refractivity contribution in [1.82, 2.24) is 9.88 Å². The average molecular weight is 475 g/mol. The van der Waals surface area contributed by atoms with E-state index in [4.69, 9.17) is 0 Å². The molecule has 1 aliphatic rings. The highest BCUT2D eigenvalue weighted by Gasteiger charge is 2.43. The number of carbonyl (C=O) groups is 2. The van der Waals surface area contributed by atoms with Crippen molar-refractivity contribution in [3.8, 4) is 0 Å². The summed E-state index contributed by atoms with van der Waals surface area (Å²) in [4.78, 5) is 35.1. The first-order valence-electron chi connectivity index (χ1n) is 10.1. The third-order valence-corrected chi connectivity index (χ3v) is 6.22. The van der Waals surface area contributed by atoms with Crippen molar-refractivity contribution in [2.75, 3.05) is 23.9 Å². The number of pyridine rings is 1. The number of fused-ring (bicyclic) bond motifs is 1. The number of nitrogens with zero attached hydrogens (tertiary/aromatic N) is 4. The van der Waals surface area contributed by atoms with Crippen LogP contribution in [0.1, 0.15) is 12.5 Å². The molecule has 2 aromatic carbocycles. The highest BCUT2D eigenvalue weighted by molar-refractivity contribution is 8.00. The zero-order valence-corrected chi connectivity index (χ0v) is 18.9. The van der Waals surface area contributed by atoms with Gasteiger partial charge in [-0.1, -0.05) is 18.2 Å². The maximum Gasteiger partial charge on any atom is 0.446 e. The molecule has 0 bridgehead atoms. The first-order valence-corrected chi connectivity index (χ1v) is 10.9. The Labute approximate surface area is 193 Å². The predicted octanol–water partition coefficient (Wildman–Crippen LogP) is 5.27. The number of amides is 3. The molecule has 3 aromatic rings. The Hall–Kier alpha value is -3.27. The van der Waals surface area contributed by atoms with Gasteiger partial charge in [-0.05, 0) is 49.0 Å². The Morgan fingerprint density at radius 1 is 1.06 bits per heavy atom. The monoisotopic (exact) mass is 474 g/mol. The van der Waals surface area contributed by atoms with Gasteiger partial charge in [0.1, 0.15) is 6.04 Å². The zero-order valence-electron chi connectivity index (χ0n) is 18.1. The number of rotatable bonds is 5. The summed E-state index contributed by atoms with van der Waals surface area (Å²) < 4.78 is 37.8. The molecule has 3 amide bonds. The molecular weight excluding hydrogens is 453 g/mol. The first-order chi connectivity index (χ1) is 15.6. The van der Waals surface area contributed by atoms with Gasteiger partial charge in [-0.25, -0.2) is 9.69 Å². The maximum absolute atomic E-state index is 13.3. The van der Waals surface area contributed by atoms with Crippen LogP contribution in [0.5, 0.6) is 0 Å². The van der Waals surface area contributed by atoms with Crippen molar-refractivity contribution in [3.05, 3.63) is 60.3 Å². The highest BCUT2D eigenvalue weighted by atomic mass is 32.2. The molecule has 4 rings (SSSR count). The number of halogens is 3. The number of hydrogen-bond donors (Lipinski definition) is 0. The van der Waals surface area contributed by atoms with Crippen molar-refractivity contribution >= 4 is 46.0 Å². The van der Waals surface area contributed by atoms with Gasteiger partial charge in [-0.3, -0.25) is 9.78 Å². The quantitative estimate of drug-likeness (QED) is 0.373. The van der Waals surface area contributed by atoms with Crippen LogP contribution < -0.4 is 9.80 Å². The summed E-state index contributed by atoms with van der Waals surface area (Å²) in [7, 11) is 3.75. The third-order valence-electron chi connectivity index (χ3n) is 5.49. The fraction of sp³-hybridized carbons (Fsp3) is 0.261. The molecule has 0 saturated carbocycles. The zero-order chi connectivity index (χ0) is 23.9. The number of urea groups is 1. The summed E-state index contributed by atoms with van der Waals surface area (Å²) in [5.41, 5.74) is -1.72. The number of hydrogen-bond acceptors (Lipinski definition) is 5. The van der Waals surface area contributed by atoms with E-state index in [-0.39, 0.29) is 28.9 Å². The predicted molar refractivity (Wildman–Crippen MR) is 122 cm³/mol. The smallest absolute Gasteiger partial charge is 0.376 e. The van der Waals surface area contributed by atoms with Crippen LogP contribution >= 0.6 is 11.8 Å². The Morgan fingerprint density at radius 2 is 1.73 bits per heavy atom. The maximum atomic E-state index is 13.3. The molecule has 33 heavy (non-hydrogen) atoms. The largest absolute Gasteiger partial charge is 0.446 e. The van der Waals surface area contributed by atoms with Crippen molar-refractivity contribution in [3.63, 3.8) is 0 Å². The number of alkyl halides is 3. The topological polar surface area (TPSA) is 56.8 Å². The summed E-state index contributed by atoms with van der Waals surface area (Å²) in [6, 6.07) is 11.5. The minimum atomic E-state index is -4.41. The van der Waals surface area contributed by atoms with E-state index >= 15 is 0 Å². The molecule has 1 unspecified atom stereocenters. The van der Waals surface area contributed by atoms with Crippen LogP contribution in [0.4, 0.5) is 29.3 Å². The fourth-order valence-electron chi connectivity index (χ4n) is 3.86. The lowest BCUT2D eigenvalue weighted by atomic mass is 10.1. The summed E-state index contributed by atoms with van der Waals surface area (Å²) in [6.07, 6.45) is 1.74. The third kappa shape index (κ3) is 4.47. The molecule has 2 heterocycles. The Kier molecular flexibility index (Phi) is 5.96. The van der Waals surface area contributed by atoms with Crippen LogP contribution in [0, 0.1) is 0 Å². The van der Waals surface area contributed by atoms with Gasteiger partial charge < -0.3 is 9.80 Å². The minimum absolute atomic E-state index is 0.0193. The van der Waals surface area contributed by atoms with Crippen LogP contribution in [-0.2, 0) is 11.3 Å². The lowest BCUT2D eigenvalue weighted by Gasteiger charge is -2.24. The van der Waals surface area contributed by atoms with E-state index in [1.807, 2.05) is 43.3 Å². The van der Waals surface area contributed by atoms with Crippen LogP contribution in [0.2, 0.25) is 0 Å². The van der Waals surface area contributed by atoms with Gasteiger partial charge in [0, 0.05) is 29.9 Å². The second-order valence-corrected chi connectivity index (χ2v) is 8.97. The van der Waals surface area contributed by atoms with E-state index in [0.717, 1.165) is 27.1 Å². The molecule has 1 aliphatic heterocycles. The fourth-order valence-corrected chi connectivity index (χ4v) is 4.40. The average Bonchev–Trinajstić information content (AvgIpc) is 2.96. The van der Waals surface area contributed by atoms with E-state index < -0.39 is 23.5 Å². The lowest BCUT2D eigenvalue weighted by Crippen LogP contribution is -2.34. The summed E-state index contributed by atoms with van der Waals surface area (Å²) in [6.45, 7) is 1.83. The summed E-state index contributed by atoms with van der Waals surface area (Å²) in [5, 5.41) is 0.878. The SMILES string of the molecule is CC1C(=O)N(c2ccc(SC(F)(F)F)cc2)C(=O)N1Cc1c(N(C)C)cnc2ccccc12. The number of anilines is 2. The van der Waals surface area contributed by atoms with Crippen LogP contribution in [0.3, 0.4) is 0 Å². The van der Waals surface area contributed by atoms with Crippen molar-refractivity contribution in [2.24, 2.45) is 0 Å². The molecule has 172 valence electrons. The summed E-state index contributed by atoms with van der Waals surface area (Å²) >= 11 is -0.248. The number of aromatic nitrogens is 1. The lowest BCUT2D eigenvalue weighted by molar-refractivity contribution is -0.119. The van der Waals surface area contributed by atoms with Crippen molar-refractivity contribution < 1.29 is 22.8 Å². The molecule has 1 saturated heterocycles. The van der Waals surface area contributed by atoms with Crippen molar-refractivity contribution in [1.29, 1.82) is 0 Å². The van der Waals surface area contributed by atoms with Crippen molar-refractivity contribution in [2.45, 2.75) is 29.9 Å². The molecule has 0 radical (unpaired) electrons. The molecule has 0 N–H and O–H groups in total. The van der Waals surface area contributed by atoms with E-state index in [1.54, 1.807) is 13.1 Å². The van der Waals surface area contributed by atoms with Gasteiger partial charge in [-0.2, -0.15) is 13.2 Å². The van der Waals surface area contributed by atoms with Gasteiger partial charge in [0.25, 0.3) is 5.91 Å². The minimum Gasteiger partial charge on any atom is -0.376 e. The standard InChI is InChI=1S/C23H21F3N4O2S/c1-14-21(31)30(15-8-10-16(11-9-15)33-23(24,25)26)22(32)29(14)13-18-17-6-4-5-7-19(17)27-12-20(18)28(2)3/h4-12,14H,13H2,1-3H3. The Balaban J connectivity index is 1.66. The normalized spacial score (nSPS) is 16.7. The highest BCUT2D eigenvalue weighted by Crippen LogP contribution is 2.38. The molecular formula is C23H21F3N4O2S. The van der Waals surface area contributed by atoms with E-state index in [2.05, 4.69) is 4.98 Å². The van der Waals surface area contributed by atoms with Gasteiger partial charge in [0.2, 0.25) is 0 Å². The van der Waals surface area contributed by atoms with Gasteiger partial charge in [0.15, 0.2) is 0 Å². The Bertz CT molecular complexity index is 1210. The van der Waals surface area contributed by atoms with Crippen LogP contribution in [-0.4, -0.2) is 47.5 Å². The number of benzene rings is 2. The van der Waals surface area contributed by atoms with E-state index in [0.29, 0.717) is 0 Å². The van der Waals surface area contributed by atoms with Gasteiger partial charge in [0.05, 0.1) is 29.6 Å². The van der Waals surface area contributed by atoms with Crippen LogP contribution in [0.25, 0.3) is 10.9 Å². The van der Waals surface area contributed by atoms with E-state index in [9.17, 15) is 22.8 Å². The van der Waals surface area contributed by atoms with Gasteiger partial charge >= 0.3 is 11.5 Å². The van der Waals surface area contributed by atoms with Gasteiger partial charge in [-0.15, -0.1) is 0 Å². The number of para-hydroxylation sites is 1. The number of thioether (sulfide) groups is 1. The number of carbonyl (C=O) groups excluding carboxylic acids is 2. The first kappa shape index (κ1) is 22.9. The summed E-state index contributed by atoms with van der Waals surface area (Å²) in [5.74, 6) is -0.430. The molecule has 1 aromatic heterocycles. The second kappa shape index (κ2) is 8.58. The molecule has 0 spiro atoms. The Morgan fingerprint density at radius 3 is 2.36 bits per heavy atom. The molecule has 10 heteroatoms. The molecule has 6 nitrogen and oxygen atoms in total. The van der Waals surface area contributed by atoms with Crippen LogP contribution in [0.15, 0.2) is 59.6 Å². The molecule has 0 aliphatic carbocycles. The molecule has 1 atom stereocenters.